The van der Waals surface area contributed by atoms with E-state index < -0.39 is 0 Å². The zero-order valence-corrected chi connectivity index (χ0v) is 24.1. The summed E-state index contributed by atoms with van der Waals surface area (Å²) < 4.78 is 0. The van der Waals surface area contributed by atoms with E-state index in [0.29, 0.717) is 17.9 Å². The number of nitrogens with zero attached hydrogens (tertiary/aromatic N) is 2. The van der Waals surface area contributed by atoms with E-state index in [4.69, 9.17) is 0 Å². The molecule has 42 heavy (non-hydrogen) atoms. The van der Waals surface area contributed by atoms with Crippen LogP contribution in [0.3, 0.4) is 0 Å². The Morgan fingerprint density at radius 3 is 2.00 bits per heavy atom. The zero-order valence-electron chi connectivity index (χ0n) is 24.1. The van der Waals surface area contributed by atoms with Gasteiger partial charge in [-0.3, -0.25) is 9.69 Å². The van der Waals surface area contributed by atoms with E-state index in [1.54, 1.807) is 0 Å². The molecule has 3 fully saturated rings. The van der Waals surface area contributed by atoms with E-state index in [-0.39, 0.29) is 11.9 Å². The summed E-state index contributed by atoms with van der Waals surface area (Å²) in [6.45, 7) is 3.22. The van der Waals surface area contributed by atoms with Crippen molar-refractivity contribution in [3.05, 3.63) is 137 Å². The predicted octanol–water partition coefficient (Wildman–Crippen LogP) is 7.53. The van der Waals surface area contributed by atoms with Gasteiger partial charge in [-0.05, 0) is 83.4 Å². The lowest BCUT2D eigenvalue weighted by Crippen LogP contribution is -2.49. The molecule has 4 aromatic rings. The van der Waals surface area contributed by atoms with E-state index in [1.165, 1.54) is 47.2 Å². The molecule has 0 aromatic heterocycles. The summed E-state index contributed by atoms with van der Waals surface area (Å²) in [5.41, 5.74) is 7.48. The average Bonchev–Trinajstić information content (AvgIpc) is 3.69. The van der Waals surface area contributed by atoms with Gasteiger partial charge in [-0.1, -0.05) is 91.0 Å². The lowest BCUT2D eigenvalue weighted by molar-refractivity contribution is 0.0597. The number of hydrogen-bond acceptors (Lipinski definition) is 3. The van der Waals surface area contributed by atoms with E-state index >= 15 is 0 Å². The number of carbonyl (C=O) groups excluding carboxylic acids is 1. The van der Waals surface area contributed by atoms with Gasteiger partial charge >= 0.3 is 0 Å². The van der Waals surface area contributed by atoms with Gasteiger partial charge in [-0.2, -0.15) is 0 Å². The molecule has 1 N–H and O–H groups in total. The summed E-state index contributed by atoms with van der Waals surface area (Å²) in [7, 11) is 0. The van der Waals surface area contributed by atoms with Crippen LogP contribution in [-0.2, 0) is 0 Å². The number of nitrogens with one attached hydrogen (secondary N) is 1. The minimum Gasteiger partial charge on any atom is -0.378 e. The molecule has 1 amide bonds. The predicted molar refractivity (Wildman–Crippen MR) is 169 cm³/mol. The van der Waals surface area contributed by atoms with Gasteiger partial charge in [0.15, 0.2) is 0 Å². The monoisotopic (exact) mass is 553 g/mol. The molecule has 2 heterocycles. The Morgan fingerprint density at radius 2 is 1.33 bits per heavy atom. The van der Waals surface area contributed by atoms with Gasteiger partial charge < -0.3 is 10.2 Å². The number of hydrogen-bond donors (Lipinski definition) is 1. The lowest BCUT2D eigenvalue weighted by Gasteiger charge is -2.44. The Kier molecular flexibility index (Phi) is 6.60. The van der Waals surface area contributed by atoms with Crippen LogP contribution in [0, 0.1) is 17.8 Å². The Morgan fingerprint density at radius 1 is 0.714 bits per heavy atom. The first-order chi connectivity index (χ1) is 20.7. The molecule has 2 aliphatic heterocycles. The van der Waals surface area contributed by atoms with Crippen LogP contribution in [0.4, 0.5) is 5.69 Å². The Hall–Kier alpha value is -3.89. The molecule has 0 radical (unpaired) electrons. The van der Waals surface area contributed by atoms with Crippen LogP contribution in [0.5, 0.6) is 0 Å². The second-order valence-corrected chi connectivity index (χ2v) is 12.8. The van der Waals surface area contributed by atoms with Crippen molar-refractivity contribution in [3.8, 4) is 0 Å². The standard InChI is InChI=1S/C38H39N3O/c42-38(41-22-20-40(21-23-41)37(27-12-6-2-7-13-27)28-14-8-3-9-15-28)31-18-19-33-32(25-31)34-29-16-17-30(24-29)35(34)36(39-33)26-10-4-1-5-11-26/h1-15,18-19,25,29-30,34-37,39H,16-17,20-24H2/t29-,30-,34-,35+,36-/m0/s1. The Balaban J connectivity index is 1.03. The number of anilines is 1. The molecule has 2 bridgehead atoms. The first-order valence-electron chi connectivity index (χ1n) is 15.8. The summed E-state index contributed by atoms with van der Waals surface area (Å²) in [5, 5.41) is 3.93. The molecule has 2 aliphatic carbocycles. The molecular weight excluding hydrogens is 514 g/mol. The third-order valence-electron chi connectivity index (χ3n) is 10.7. The van der Waals surface area contributed by atoms with Crippen molar-refractivity contribution in [2.75, 3.05) is 31.5 Å². The largest absolute Gasteiger partial charge is 0.378 e. The normalized spacial score (nSPS) is 26.5. The molecule has 8 rings (SSSR count). The van der Waals surface area contributed by atoms with Crippen molar-refractivity contribution < 1.29 is 4.79 Å². The minimum atomic E-state index is 0.179. The van der Waals surface area contributed by atoms with E-state index in [1.807, 2.05) is 0 Å². The Bertz CT molecular complexity index is 1510. The third-order valence-corrected chi connectivity index (χ3v) is 10.7. The van der Waals surface area contributed by atoms with Gasteiger partial charge in [0.1, 0.15) is 0 Å². The van der Waals surface area contributed by atoms with Gasteiger partial charge in [0.2, 0.25) is 0 Å². The SMILES string of the molecule is O=C(c1ccc2c(c1)[C@@H]1[C@H]3CC[C@@H](C3)[C@H]1[C@H](c1ccccc1)N2)N1CCN(C(c2ccccc2)c2ccccc2)CC1. The number of piperazine rings is 1. The molecule has 5 atom stereocenters. The minimum absolute atomic E-state index is 0.179. The van der Waals surface area contributed by atoms with Gasteiger partial charge in [0.05, 0.1) is 12.1 Å². The summed E-state index contributed by atoms with van der Waals surface area (Å²) in [6, 6.07) is 39.6. The summed E-state index contributed by atoms with van der Waals surface area (Å²) in [6.07, 6.45) is 4.02. The van der Waals surface area contributed by atoms with Crippen molar-refractivity contribution in [3.63, 3.8) is 0 Å². The van der Waals surface area contributed by atoms with Crippen molar-refractivity contribution in [1.82, 2.24) is 9.80 Å². The van der Waals surface area contributed by atoms with Crippen molar-refractivity contribution >= 4 is 11.6 Å². The number of benzene rings is 4. The maximum Gasteiger partial charge on any atom is 0.253 e. The van der Waals surface area contributed by atoms with Crippen LogP contribution in [-0.4, -0.2) is 41.9 Å². The maximum absolute atomic E-state index is 13.9. The maximum atomic E-state index is 13.9. The fourth-order valence-corrected chi connectivity index (χ4v) is 8.86. The van der Waals surface area contributed by atoms with Crippen LogP contribution in [0.2, 0.25) is 0 Å². The van der Waals surface area contributed by atoms with Crippen LogP contribution in [0.1, 0.15) is 69.9 Å². The van der Waals surface area contributed by atoms with Gasteiger partial charge in [-0.25, -0.2) is 0 Å². The number of fused-ring (bicyclic) bond motifs is 7. The van der Waals surface area contributed by atoms with Gasteiger partial charge in [0.25, 0.3) is 5.91 Å². The quantitative estimate of drug-likeness (QED) is 0.277. The van der Waals surface area contributed by atoms with Crippen LogP contribution >= 0.6 is 0 Å². The highest BCUT2D eigenvalue weighted by atomic mass is 16.2. The number of carbonyl (C=O) groups is 1. The molecule has 0 spiro atoms. The second-order valence-electron chi connectivity index (χ2n) is 12.8. The third kappa shape index (κ3) is 4.44. The molecule has 212 valence electrons. The van der Waals surface area contributed by atoms with Crippen molar-refractivity contribution in [2.45, 2.75) is 37.3 Å². The zero-order chi connectivity index (χ0) is 28.0. The first kappa shape index (κ1) is 25.8. The molecule has 1 saturated heterocycles. The van der Waals surface area contributed by atoms with E-state index in [9.17, 15) is 4.79 Å². The fourth-order valence-electron chi connectivity index (χ4n) is 8.86. The van der Waals surface area contributed by atoms with Gasteiger partial charge in [0, 0.05) is 37.4 Å². The van der Waals surface area contributed by atoms with Crippen LogP contribution in [0.15, 0.2) is 109 Å². The Labute approximate surface area is 249 Å². The first-order valence-corrected chi connectivity index (χ1v) is 15.8. The van der Waals surface area contributed by atoms with Crippen molar-refractivity contribution in [2.24, 2.45) is 17.8 Å². The highest BCUT2D eigenvalue weighted by molar-refractivity contribution is 5.95. The summed E-state index contributed by atoms with van der Waals surface area (Å²) >= 11 is 0. The van der Waals surface area contributed by atoms with Crippen LogP contribution in [0.25, 0.3) is 0 Å². The highest BCUT2D eigenvalue weighted by Crippen LogP contribution is 2.63. The lowest BCUT2D eigenvalue weighted by atomic mass is 9.68. The highest BCUT2D eigenvalue weighted by Gasteiger charge is 2.53. The molecule has 2 saturated carbocycles. The number of rotatable bonds is 5. The smallest absolute Gasteiger partial charge is 0.253 e. The van der Waals surface area contributed by atoms with E-state index in [0.717, 1.165) is 43.6 Å². The molecule has 4 aliphatic rings. The second kappa shape index (κ2) is 10.7. The van der Waals surface area contributed by atoms with Crippen LogP contribution < -0.4 is 5.32 Å². The van der Waals surface area contributed by atoms with Gasteiger partial charge in [-0.15, -0.1) is 0 Å². The number of amides is 1. The molecule has 4 nitrogen and oxygen atoms in total. The molecule has 4 aromatic carbocycles. The van der Waals surface area contributed by atoms with Crippen molar-refractivity contribution in [1.29, 1.82) is 0 Å². The fraction of sp³-hybridized carbons (Fsp3) is 0.342. The molecular formula is C38H39N3O. The molecule has 0 unspecified atom stereocenters. The van der Waals surface area contributed by atoms with E-state index in [2.05, 4.69) is 124 Å². The average molecular weight is 554 g/mol. The summed E-state index contributed by atoms with van der Waals surface area (Å²) in [4.78, 5) is 18.5. The summed E-state index contributed by atoms with van der Waals surface area (Å²) in [5.74, 6) is 2.86. The topological polar surface area (TPSA) is 35.6 Å². The molecule has 4 heteroatoms.